The Morgan fingerprint density at radius 2 is 0.797 bits per heavy atom. The molecular weight excluding hydrogens is 793 g/mol. The van der Waals surface area contributed by atoms with E-state index in [1.807, 2.05) is 0 Å². The maximum Gasteiger partial charge on any atom is 0.179 e. The molecule has 0 aliphatic heterocycles. The molecule has 0 N–H and O–H groups in total. The third-order valence-electron chi connectivity index (χ3n) is 13.5. The minimum Gasteiger partial charge on any atom is -0.456 e. The van der Waals surface area contributed by atoms with Gasteiger partial charge in [0, 0.05) is 38.7 Å². The molecule has 10 aromatic carbocycles. The van der Waals surface area contributed by atoms with E-state index in [0.717, 1.165) is 44.3 Å². The van der Waals surface area contributed by atoms with Crippen LogP contribution in [0.15, 0.2) is 247 Å². The van der Waals surface area contributed by atoms with Crippen molar-refractivity contribution < 1.29 is 4.42 Å². The van der Waals surface area contributed by atoms with E-state index in [0.29, 0.717) is 0 Å². The molecular formula is C60H40N2OSi. The summed E-state index contributed by atoms with van der Waals surface area (Å²) in [5.41, 5.74) is 11.0. The lowest BCUT2D eigenvalue weighted by atomic mass is 10.1. The Balaban J connectivity index is 1.12. The second-order valence-corrected chi connectivity index (χ2v) is 20.6. The minimum atomic E-state index is -2.87. The highest BCUT2D eigenvalue weighted by Gasteiger charge is 2.41. The monoisotopic (exact) mass is 832 g/mol. The molecule has 300 valence electrons. The van der Waals surface area contributed by atoms with Crippen LogP contribution >= 0.6 is 0 Å². The molecule has 0 saturated heterocycles. The molecule has 3 nitrogen and oxygen atoms in total. The summed E-state index contributed by atoms with van der Waals surface area (Å²) in [6.45, 7) is 0. The van der Waals surface area contributed by atoms with Gasteiger partial charge in [-0.1, -0.05) is 200 Å². The van der Waals surface area contributed by atoms with Crippen LogP contribution in [0.1, 0.15) is 0 Å². The van der Waals surface area contributed by atoms with Gasteiger partial charge < -0.3 is 13.6 Å². The van der Waals surface area contributed by atoms with Gasteiger partial charge in [0.05, 0.1) is 33.1 Å². The van der Waals surface area contributed by atoms with E-state index >= 15 is 0 Å². The average Bonchev–Trinajstić information content (AvgIpc) is 4.03. The van der Waals surface area contributed by atoms with Gasteiger partial charge >= 0.3 is 0 Å². The predicted octanol–water partition coefficient (Wildman–Crippen LogP) is 12.8. The van der Waals surface area contributed by atoms with Crippen LogP contribution in [0.2, 0.25) is 0 Å². The fourth-order valence-corrected chi connectivity index (χ4v) is 15.5. The Hall–Kier alpha value is -8.18. The molecule has 0 bridgehead atoms. The lowest BCUT2D eigenvalue weighted by Crippen LogP contribution is -2.74. The molecule has 4 heteroatoms. The largest absolute Gasteiger partial charge is 0.456 e. The SMILES string of the molecule is c1ccc(-c2cccc([Si](c3ccccc3)(c3ccccc3)c3ccc(-n4c5ccccc5c5c(-n6c7ccccc7c7ccccc76)cc6oc7ccccc7c6c54)cc3)c2)cc1. The van der Waals surface area contributed by atoms with Crippen LogP contribution in [0.4, 0.5) is 0 Å². The van der Waals surface area contributed by atoms with Crippen molar-refractivity contribution >= 4 is 94.4 Å². The van der Waals surface area contributed by atoms with Crippen LogP contribution in [0, 0.1) is 0 Å². The number of nitrogens with zero attached hydrogens (tertiary/aromatic N) is 2. The molecule has 0 aliphatic carbocycles. The fraction of sp³-hybridized carbons (Fsp3) is 0. The third kappa shape index (κ3) is 5.33. The Kier molecular flexibility index (Phi) is 8.23. The van der Waals surface area contributed by atoms with Crippen molar-refractivity contribution in [3.63, 3.8) is 0 Å². The highest BCUT2D eigenvalue weighted by Crippen LogP contribution is 2.45. The van der Waals surface area contributed by atoms with E-state index in [9.17, 15) is 0 Å². The Bertz CT molecular complexity index is 3790. The highest BCUT2D eigenvalue weighted by molar-refractivity contribution is 7.19. The lowest BCUT2D eigenvalue weighted by molar-refractivity contribution is 0.669. The van der Waals surface area contributed by atoms with Crippen LogP contribution in [-0.2, 0) is 0 Å². The van der Waals surface area contributed by atoms with E-state index in [2.05, 4.69) is 252 Å². The van der Waals surface area contributed by atoms with Crippen molar-refractivity contribution in [2.45, 2.75) is 0 Å². The molecule has 13 rings (SSSR count). The van der Waals surface area contributed by atoms with Gasteiger partial charge in [0.1, 0.15) is 11.2 Å². The lowest BCUT2D eigenvalue weighted by Gasteiger charge is -2.35. The van der Waals surface area contributed by atoms with Gasteiger partial charge in [0.2, 0.25) is 0 Å². The van der Waals surface area contributed by atoms with E-state index < -0.39 is 8.07 Å². The zero-order valence-electron chi connectivity index (χ0n) is 34.9. The summed E-state index contributed by atoms with van der Waals surface area (Å²) in [4.78, 5) is 0. The molecule has 0 radical (unpaired) electrons. The minimum absolute atomic E-state index is 0.865. The second kappa shape index (κ2) is 14.5. The van der Waals surface area contributed by atoms with E-state index in [4.69, 9.17) is 4.42 Å². The highest BCUT2D eigenvalue weighted by atomic mass is 28.3. The first kappa shape index (κ1) is 36.5. The molecule has 3 aromatic heterocycles. The summed E-state index contributed by atoms with van der Waals surface area (Å²) >= 11 is 0. The summed E-state index contributed by atoms with van der Waals surface area (Å²) in [5, 5.41) is 12.4. The summed E-state index contributed by atoms with van der Waals surface area (Å²) in [6, 6.07) is 89.2. The van der Waals surface area contributed by atoms with Crippen molar-refractivity contribution in [1.82, 2.24) is 9.13 Å². The Labute approximate surface area is 371 Å². The fourth-order valence-electron chi connectivity index (χ4n) is 10.8. The molecule has 0 fully saturated rings. The molecule has 0 amide bonds. The van der Waals surface area contributed by atoms with Crippen LogP contribution in [0.5, 0.6) is 0 Å². The summed E-state index contributed by atoms with van der Waals surface area (Å²) in [7, 11) is -2.87. The Morgan fingerprint density at radius 3 is 1.44 bits per heavy atom. The van der Waals surface area contributed by atoms with Gasteiger partial charge in [0.25, 0.3) is 0 Å². The molecule has 0 saturated carbocycles. The standard InChI is InChI=1S/C60H40N2OSi/c1-4-19-41(20-5-1)42-21-18-26-47(39-42)64(44-22-6-2-7-23-44,45-24-8-3-9-25-45)46-37-35-43(36-38-46)61-54-33-16-12-29-50(54)58-55(40-57-59(60(58)61)51-30-13-17-34-56(51)63-57)62-52-31-14-10-27-48(52)49-28-11-15-32-53(49)62/h1-40H. The molecule has 0 spiro atoms. The number of hydrogen-bond acceptors (Lipinski definition) is 1. The van der Waals surface area contributed by atoms with E-state index in [-0.39, 0.29) is 0 Å². The van der Waals surface area contributed by atoms with Gasteiger partial charge in [-0.3, -0.25) is 0 Å². The number of hydrogen-bond donors (Lipinski definition) is 0. The van der Waals surface area contributed by atoms with Gasteiger partial charge in [-0.15, -0.1) is 0 Å². The van der Waals surface area contributed by atoms with Gasteiger partial charge in [-0.25, -0.2) is 0 Å². The molecule has 3 heterocycles. The Morgan fingerprint density at radius 1 is 0.312 bits per heavy atom. The second-order valence-electron chi connectivity index (χ2n) is 16.8. The summed E-state index contributed by atoms with van der Waals surface area (Å²) < 4.78 is 11.8. The molecule has 13 aromatic rings. The first-order valence-electron chi connectivity index (χ1n) is 22.0. The average molecular weight is 833 g/mol. The molecule has 0 unspecified atom stereocenters. The van der Waals surface area contributed by atoms with Gasteiger partial charge in [-0.2, -0.15) is 0 Å². The zero-order chi connectivity index (χ0) is 42.2. The van der Waals surface area contributed by atoms with Gasteiger partial charge in [0.15, 0.2) is 8.07 Å². The predicted molar refractivity (Wildman–Crippen MR) is 271 cm³/mol. The van der Waals surface area contributed by atoms with Crippen molar-refractivity contribution in [2.24, 2.45) is 0 Å². The number of rotatable bonds is 7. The van der Waals surface area contributed by atoms with Crippen LogP contribution < -0.4 is 20.7 Å². The van der Waals surface area contributed by atoms with Gasteiger partial charge in [-0.05, 0) is 68.3 Å². The van der Waals surface area contributed by atoms with Crippen molar-refractivity contribution in [1.29, 1.82) is 0 Å². The van der Waals surface area contributed by atoms with E-state index in [1.54, 1.807) is 0 Å². The number of fused-ring (bicyclic) bond motifs is 10. The first-order chi connectivity index (χ1) is 31.8. The van der Waals surface area contributed by atoms with Crippen LogP contribution in [0.25, 0.3) is 88.1 Å². The topological polar surface area (TPSA) is 23.0 Å². The molecule has 0 aliphatic rings. The van der Waals surface area contributed by atoms with Crippen LogP contribution in [0.3, 0.4) is 0 Å². The maximum atomic E-state index is 6.84. The molecule has 64 heavy (non-hydrogen) atoms. The van der Waals surface area contributed by atoms with Crippen LogP contribution in [-0.4, -0.2) is 17.2 Å². The number of furan rings is 1. The molecule has 0 atom stereocenters. The number of benzene rings is 10. The van der Waals surface area contributed by atoms with Crippen molar-refractivity contribution in [3.8, 4) is 22.5 Å². The number of aromatic nitrogens is 2. The smallest absolute Gasteiger partial charge is 0.179 e. The summed E-state index contributed by atoms with van der Waals surface area (Å²) in [5.74, 6) is 0. The van der Waals surface area contributed by atoms with E-state index in [1.165, 1.54) is 64.5 Å². The first-order valence-corrected chi connectivity index (χ1v) is 24.0. The number of para-hydroxylation sites is 4. The quantitative estimate of drug-likeness (QED) is 0.116. The third-order valence-corrected chi connectivity index (χ3v) is 18.2. The normalized spacial score (nSPS) is 12.1. The maximum absolute atomic E-state index is 6.84. The van der Waals surface area contributed by atoms with Crippen molar-refractivity contribution in [2.75, 3.05) is 0 Å². The van der Waals surface area contributed by atoms with Crippen molar-refractivity contribution in [3.05, 3.63) is 243 Å². The zero-order valence-corrected chi connectivity index (χ0v) is 35.9. The summed E-state index contributed by atoms with van der Waals surface area (Å²) in [6.07, 6.45) is 0.